The van der Waals surface area contributed by atoms with Crippen LogP contribution in [0.1, 0.15) is 0 Å². The van der Waals surface area contributed by atoms with E-state index < -0.39 is 37.2 Å². The monoisotopic (exact) mass is 556 g/mol. The Bertz CT molecular complexity index is 1270. The normalized spacial score (nSPS) is 14.9. The first kappa shape index (κ1) is 27.2. The number of halogens is 4. The number of anilines is 1. The van der Waals surface area contributed by atoms with Crippen molar-refractivity contribution in [2.75, 3.05) is 31.7 Å². The van der Waals surface area contributed by atoms with E-state index in [4.69, 9.17) is 25.8 Å². The number of carbonyl (C=O) groups is 1. The molecule has 13 heteroatoms. The molecule has 0 atom stereocenters. The van der Waals surface area contributed by atoms with Crippen LogP contribution in [-0.4, -0.2) is 55.7 Å². The van der Waals surface area contributed by atoms with E-state index in [-0.39, 0.29) is 42.9 Å². The van der Waals surface area contributed by atoms with Gasteiger partial charge in [0.25, 0.3) is 0 Å². The number of pyridine rings is 1. The summed E-state index contributed by atoms with van der Waals surface area (Å²) in [5.74, 6) is -2.69. The van der Waals surface area contributed by atoms with Gasteiger partial charge in [0.2, 0.25) is 0 Å². The highest BCUT2D eigenvalue weighted by molar-refractivity contribution is 6.76. The summed E-state index contributed by atoms with van der Waals surface area (Å²) in [7, 11) is -1.24. The number of nitrogens with one attached hydrogen (secondary N) is 2. The zero-order chi connectivity index (χ0) is 26.8. The SMILES string of the molecule is C[Si](C)(C)CCOCn1cc(Cl)c2c(Oc3c(F)cc(NC(=O)NCC4(F)COC4)cc3F)ccnc21. The third-order valence-electron chi connectivity index (χ3n) is 5.65. The van der Waals surface area contributed by atoms with Crippen LogP contribution in [0.3, 0.4) is 0 Å². The zero-order valence-electron chi connectivity index (χ0n) is 20.7. The molecule has 1 aliphatic heterocycles. The lowest BCUT2D eigenvalue weighted by atomic mass is 10.1. The summed E-state index contributed by atoms with van der Waals surface area (Å²) in [6.07, 6.45) is 3.06. The summed E-state index contributed by atoms with van der Waals surface area (Å²) in [5, 5.41) is 5.24. The largest absolute Gasteiger partial charge is 0.450 e. The Morgan fingerprint density at radius 2 is 1.97 bits per heavy atom. The van der Waals surface area contributed by atoms with Crippen molar-refractivity contribution in [3.63, 3.8) is 0 Å². The molecule has 3 aromatic rings. The second-order valence-electron chi connectivity index (χ2n) is 10.1. The fourth-order valence-corrected chi connectivity index (χ4v) is 4.59. The predicted octanol–water partition coefficient (Wildman–Crippen LogP) is 5.93. The standard InChI is InChI=1S/C24H28ClF3N4O4Si/c1-37(2,3)7-6-34-14-32-10-16(25)20-19(4-5-29-22(20)32)36-21-17(26)8-15(9-18(21)27)31-23(33)30-11-24(28)12-35-13-24/h4-5,8-10H,6-7,11-14H2,1-3H3,(H2,30,31,33). The van der Waals surface area contributed by atoms with Crippen molar-refractivity contribution < 1.29 is 32.2 Å². The van der Waals surface area contributed by atoms with Crippen LogP contribution in [0, 0.1) is 11.6 Å². The van der Waals surface area contributed by atoms with Crippen molar-refractivity contribution in [1.29, 1.82) is 0 Å². The van der Waals surface area contributed by atoms with Gasteiger partial charge in [0, 0.05) is 44.9 Å². The molecule has 3 heterocycles. The van der Waals surface area contributed by atoms with Crippen LogP contribution in [-0.2, 0) is 16.2 Å². The summed E-state index contributed by atoms with van der Waals surface area (Å²) in [6, 6.07) is 3.42. The number of carbonyl (C=O) groups excluding carboxylic acids is 1. The zero-order valence-corrected chi connectivity index (χ0v) is 22.4. The number of rotatable bonds is 10. The minimum Gasteiger partial charge on any atom is -0.450 e. The Balaban J connectivity index is 1.46. The third kappa shape index (κ3) is 6.75. The highest BCUT2D eigenvalue weighted by Crippen LogP contribution is 2.37. The summed E-state index contributed by atoms with van der Waals surface area (Å²) < 4.78 is 61.4. The summed E-state index contributed by atoms with van der Waals surface area (Å²) in [6.45, 7) is 7.05. The van der Waals surface area contributed by atoms with Crippen LogP contribution < -0.4 is 15.4 Å². The number of benzene rings is 1. The molecule has 4 rings (SSSR count). The maximum atomic E-state index is 14.8. The van der Waals surface area contributed by atoms with Gasteiger partial charge in [-0.25, -0.2) is 22.9 Å². The van der Waals surface area contributed by atoms with Crippen LogP contribution in [0.5, 0.6) is 11.5 Å². The highest BCUT2D eigenvalue weighted by Gasteiger charge is 2.39. The number of hydrogen-bond acceptors (Lipinski definition) is 5. The average molecular weight is 557 g/mol. The highest BCUT2D eigenvalue weighted by atomic mass is 35.5. The lowest BCUT2D eigenvalue weighted by Gasteiger charge is -2.33. The van der Waals surface area contributed by atoms with Crippen molar-refractivity contribution >= 4 is 42.4 Å². The fourth-order valence-electron chi connectivity index (χ4n) is 3.54. The molecular formula is C24H28ClF3N4O4Si. The third-order valence-corrected chi connectivity index (χ3v) is 7.65. The van der Waals surface area contributed by atoms with Gasteiger partial charge in [-0.05, 0) is 12.1 Å². The molecule has 37 heavy (non-hydrogen) atoms. The molecule has 1 saturated heterocycles. The lowest BCUT2D eigenvalue weighted by molar-refractivity contribution is -0.125. The van der Waals surface area contributed by atoms with Crippen molar-refractivity contribution in [2.45, 2.75) is 38.1 Å². The minimum absolute atomic E-state index is 0.100. The number of hydrogen-bond donors (Lipinski definition) is 2. The van der Waals surface area contributed by atoms with Crippen molar-refractivity contribution in [3.05, 3.63) is 47.2 Å². The van der Waals surface area contributed by atoms with E-state index >= 15 is 0 Å². The Labute approximate surface area is 218 Å². The molecule has 1 fully saturated rings. The van der Waals surface area contributed by atoms with E-state index in [2.05, 4.69) is 35.3 Å². The molecule has 1 aliphatic rings. The van der Waals surface area contributed by atoms with E-state index in [0.29, 0.717) is 17.6 Å². The predicted molar refractivity (Wildman–Crippen MR) is 137 cm³/mol. The fraction of sp³-hybridized carbons (Fsp3) is 0.417. The molecule has 200 valence electrons. The Morgan fingerprint density at radius 3 is 2.59 bits per heavy atom. The molecule has 0 bridgehead atoms. The van der Waals surface area contributed by atoms with Gasteiger partial charge in [0.1, 0.15) is 18.1 Å². The first-order valence-electron chi connectivity index (χ1n) is 11.6. The molecule has 2 aromatic heterocycles. The van der Waals surface area contributed by atoms with E-state index in [1.54, 1.807) is 10.8 Å². The topological polar surface area (TPSA) is 86.6 Å². The number of ether oxygens (including phenoxy) is 3. The van der Waals surface area contributed by atoms with Gasteiger partial charge in [-0.15, -0.1) is 0 Å². The van der Waals surface area contributed by atoms with Crippen molar-refractivity contribution in [1.82, 2.24) is 14.9 Å². The van der Waals surface area contributed by atoms with E-state index in [9.17, 15) is 18.0 Å². The number of aromatic nitrogens is 2. The van der Waals surface area contributed by atoms with E-state index in [1.807, 2.05) is 0 Å². The van der Waals surface area contributed by atoms with Gasteiger partial charge in [-0.1, -0.05) is 31.2 Å². The second-order valence-corrected chi connectivity index (χ2v) is 16.2. The van der Waals surface area contributed by atoms with Crippen LogP contribution >= 0.6 is 11.6 Å². The molecule has 8 nitrogen and oxygen atoms in total. The first-order valence-corrected chi connectivity index (χ1v) is 15.7. The maximum Gasteiger partial charge on any atom is 0.319 e. The molecule has 0 aliphatic carbocycles. The molecular weight excluding hydrogens is 529 g/mol. The Morgan fingerprint density at radius 1 is 1.27 bits per heavy atom. The molecule has 0 saturated carbocycles. The molecule has 2 amide bonds. The summed E-state index contributed by atoms with van der Waals surface area (Å²) >= 11 is 6.41. The van der Waals surface area contributed by atoms with Crippen LogP contribution in [0.15, 0.2) is 30.6 Å². The van der Waals surface area contributed by atoms with E-state index in [0.717, 1.165) is 18.2 Å². The quantitative estimate of drug-likeness (QED) is 0.239. The van der Waals surface area contributed by atoms with Crippen molar-refractivity contribution in [3.8, 4) is 11.5 Å². The molecule has 2 N–H and O–H groups in total. The van der Waals surface area contributed by atoms with Crippen LogP contribution in [0.2, 0.25) is 30.7 Å². The van der Waals surface area contributed by atoms with Crippen LogP contribution in [0.25, 0.3) is 11.0 Å². The second kappa shape index (κ2) is 10.9. The lowest BCUT2D eigenvalue weighted by Crippen LogP contribution is -2.54. The molecule has 0 spiro atoms. The van der Waals surface area contributed by atoms with Crippen molar-refractivity contribution in [2.24, 2.45) is 0 Å². The molecule has 0 radical (unpaired) electrons. The average Bonchev–Trinajstić information content (AvgIpc) is 3.12. The minimum atomic E-state index is -1.64. The molecule has 1 aromatic carbocycles. The van der Waals surface area contributed by atoms with Gasteiger partial charge in [0.15, 0.2) is 23.1 Å². The van der Waals surface area contributed by atoms with Gasteiger partial charge in [0.05, 0.1) is 30.2 Å². The van der Waals surface area contributed by atoms with Gasteiger partial charge >= 0.3 is 6.03 Å². The first-order chi connectivity index (χ1) is 17.4. The number of fused-ring (bicyclic) bond motifs is 1. The maximum absolute atomic E-state index is 14.8. The summed E-state index contributed by atoms with van der Waals surface area (Å²) in [5.41, 5.74) is -1.37. The van der Waals surface area contributed by atoms with Gasteiger partial charge in [-0.2, -0.15) is 0 Å². The van der Waals surface area contributed by atoms with Gasteiger partial charge in [-0.3, -0.25) is 0 Å². The van der Waals surface area contributed by atoms with E-state index in [1.165, 1.54) is 12.3 Å². The molecule has 0 unspecified atom stereocenters. The number of nitrogens with zero attached hydrogens (tertiary/aromatic N) is 2. The number of amides is 2. The number of alkyl halides is 1. The smallest absolute Gasteiger partial charge is 0.319 e. The summed E-state index contributed by atoms with van der Waals surface area (Å²) in [4.78, 5) is 16.3. The Kier molecular flexibility index (Phi) is 8.02. The number of urea groups is 1. The van der Waals surface area contributed by atoms with Gasteiger partial charge < -0.3 is 29.4 Å². The Hall–Kier alpha value is -2.80. The van der Waals surface area contributed by atoms with Crippen LogP contribution in [0.4, 0.5) is 23.7 Å².